The van der Waals surface area contributed by atoms with Crippen LogP contribution >= 0.6 is 0 Å². The first-order valence-electron chi connectivity index (χ1n) is 6.53. The molecule has 0 aromatic heterocycles. The number of carboxylic acid groups (broad SMARTS) is 1. The Labute approximate surface area is 119 Å². The molecule has 2 amide bonds. The number of carbonyl (C=O) groups is 3. The van der Waals surface area contributed by atoms with E-state index in [4.69, 9.17) is 5.11 Å². The van der Waals surface area contributed by atoms with Crippen molar-refractivity contribution in [2.24, 2.45) is 11.8 Å². The number of rotatable bonds is 5. The number of aliphatic carboxylic acids is 1. The molecule has 0 bridgehead atoms. The van der Waals surface area contributed by atoms with E-state index in [-0.39, 0.29) is 0 Å². The Morgan fingerprint density at radius 3 is 2.00 bits per heavy atom. The fourth-order valence-corrected chi connectivity index (χ4v) is 2.18. The van der Waals surface area contributed by atoms with Crippen molar-refractivity contribution in [1.29, 1.82) is 0 Å². The minimum atomic E-state index is -4.49. The van der Waals surface area contributed by atoms with Crippen LogP contribution in [0.5, 0.6) is 0 Å². The van der Waals surface area contributed by atoms with E-state index in [9.17, 15) is 27.6 Å². The second-order valence-electron chi connectivity index (χ2n) is 5.00. The average molecular weight is 310 g/mol. The van der Waals surface area contributed by atoms with Gasteiger partial charge < -0.3 is 15.7 Å². The van der Waals surface area contributed by atoms with E-state index in [1.165, 1.54) is 0 Å². The molecule has 6 nitrogen and oxygen atoms in total. The van der Waals surface area contributed by atoms with Crippen LogP contribution in [0.2, 0.25) is 0 Å². The van der Waals surface area contributed by atoms with Gasteiger partial charge in [0.2, 0.25) is 11.8 Å². The van der Waals surface area contributed by atoms with Crippen LogP contribution in [0.1, 0.15) is 25.7 Å². The lowest BCUT2D eigenvalue weighted by atomic mass is 9.81. The zero-order chi connectivity index (χ0) is 16.0. The van der Waals surface area contributed by atoms with Gasteiger partial charge in [0, 0.05) is 5.92 Å². The van der Waals surface area contributed by atoms with Crippen LogP contribution in [0, 0.1) is 11.8 Å². The number of hydrogen-bond donors (Lipinski definition) is 3. The molecule has 120 valence electrons. The van der Waals surface area contributed by atoms with Gasteiger partial charge in [0.25, 0.3) is 0 Å². The van der Waals surface area contributed by atoms with E-state index in [1.54, 1.807) is 5.32 Å². The largest absolute Gasteiger partial charge is 0.481 e. The van der Waals surface area contributed by atoms with Crippen molar-refractivity contribution in [3.05, 3.63) is 0 Å². The molecule has 21 heavy (non-hydrogen) atoms. The number of carbonyl (C=O) groups excluding carboxylic acids is 2. The second kappa shape index (κ2) is 7.28. The number of amides is 2. The Bertz CT molecular complexity index is 404. The molecule has 0 aromatic rings. The summed E-state index contributed by atoms with van der Waals surface area (Å²) < 4.78 is 35.6. The highest BCUT2D eigenvalue weighted by molar-refractivity contribution is 5.86. The number of nitrogens with one attached hydrogen (secondary N) is 2. The Kier molecular flexibility index (Phi) is 5.98. The Morgan fingerprint density at radius 1 is 1.00 bits per heavy atom. The molecule has 9 heteroatoms. The zero-order valence-corrected chi connectivity index (χ0v) is 11.2. The predicted octanol–water partition coefficient (Wildman–Crippen LogP) is 0.672. The van der Waals surface area contributed by atoms with Gasteiger partial charge in [-0.15, -0.1) is 0 Å². The van der Waals surface area contributed by atoms with E-state index < -0.39 is 48.9 Å². The van der Waals surface area contributed by atoms with Gasteiger partial charge in [-0.1, -0.05) is 0 Å². The van der Waals surface area contributed by atoms with Gasteiger partial charge in [0.1, 0.15) is 6.54 Å². The first-order valence-corrected chi connectivity index (χ1v) is 6.53. The Hall–Kier alpha value is -1.80. The topological polar surface area (TPSA) is 95.5 Å². The molecule has 0 aromatic carbocycles. The molecule has 0 saturated heterocycles. The number of hydrogen-bond acceptors (Lipinski definition) is 3. The molecule has 0 heterocycles. The van der Waals surface area contributed by atoms with E-state index in [1.807, 2.05) is 0 Å². The Balaban J connectivity index is 2.25. The molecule has 0 radical (unpaired) electrons. The lowest BCUT2D eigenvalue weighted by molar-refractivity contribution is -0.144. The van der Waals surface area contributed by atoms with Crippen molar-refractivity contribution in [3.63, 3.8) is 0 Å². The highest BCUT2D eigenvalue weighted by Crippen LogP contribution is 2.28. The van der Waals surface area contributed by atoms with Crippen LogP contribution in [0.25, 0.3) is 0 Å². The monoisotopic (exact) mass is 310 g/mol. The van der Waals surface area contributed by atoms with Crippen LogP contribution in [0.4, 0.5) is 13.2 Å². The van der Waals surface area contributed by atoms with Crippen LogP contribution in [-0.4, -0.2) is 42.2 Å². The number of alkyl halides is 3. The first kappa shape index (κ1) is 17.3. The summed E-state index contributed by atoms with van der Waals surface area (Å²) >= 11 is 0. The molecular formula is C12H17F3N2O4. The minimum Gasteiger partial charge on any atom is -0.481 e. The minimum absolute atomic E-state index is 0.383. The van der Waals surface area contributed by atoms with Crippen LogP contribution in [-0.2, 0) is 14.4 Å². The SMILES string of the molecule is O=C(CNC(=O)C1CCC(C(=O)O)CC1)NCC(F)(F)F. The average Bonchev–Trinajstić information content (AvgIpc) is 2.41. The third kappa shape index (κ3) is 6.46. The van der Waals surface area contributed by atoms with Gasteiger partial charge in [-0.05, 0) is 25.7 Å². The molecular weight excluding hydrogens is 293 g/mol. The summed E-state index contributed by atoms with van der Waals surface area (Å²) in [7, 11) is 0. The summed E-state index contributed by atoms with van der Waals surface area (Å²) in [6.07, 6.45) is -2.93. The predicted molar refractivity (Wildman–Crippen MR) is 65.2 cm³/mol. The maximum Gasteiger partial charge on any atom is 0.405 e. The quantitative estimate of drug-likeness (QED) is 0.695. The van der Waals surface area contributed by atoms with Crippen LogP contribution in [0.15, 0.2) is 0 Å². The first-order chi connectivity index (χ1) is 9.69. The standard InChI is InChI=1S/C12H17F3N2O4/c13-12(14,15)6-17-9(18)5-16-10(19)7-1-3-8(4-2-7)11(20)21/h7-8H,1-6H2,(H,16,19)(H,17,18)(H,20,21). The molecule has 3 N–H and O–H groups in total. The van der Waals surface area contributed by atoms with E-state index in [0.29, 0.717) is 25.7 Å². The molecule has 0 aliphatic heterocycles. The molecule has 0 atom stereocenters. The van der Waals surface area contributed by atoms with Gasteiger partial charge >= 0.3 is 12.1 Å². The van der Waals surface area contributed by atoms with Gasteiger partial charge in [0.05, 0.1) is 12.5 Å². The lowest BCUT2D eigenvalue weighted by Gasteiger charge is -2.25. The summed E-state index contributed by atoms with van der Waals surface area (Å²) in [5, 5.41) is 12.7. The van der Waals surface area contributed by atoms with E-state index in [2.05, 4.69) is 5.32 Å². The lowest BCUT2D eigenvalue weighted by Crippen LogP contribution is -2.43. The molecule has 1 saturated carbocycles. The molecule has 0 spiro atoms. The normalized spacial score (nSPS) is 22.4. The van der Waals surface area contributed by atoms with Crippen molar-refractivity contribution in [2.75, 3.05) is 13.1 Å². The summed E-state index contributed by atoms with van der Waals surface area (Å²) in [6, 6.07) is 0. The number of carboxylic acids is 1. The fourth-order valence-electron chi connectivity index (χ4n) is 2.18. The maximum absolute atomic E-state index is 11.9. The van der Waals surface area contributed by atoms with Gasteiger partial charge in [0.15, 0.2) is 0 Å². The smallest absolute Gasteiger partial charge is 0.405 e. The van der Waals surface area contributed by atoms with E-state index >= 15 is 0 Å². The molecule has 1 fully saturated rings. The highest BCUT2D eigenvalue weighted by atomic mass is 19.4. The van der Waals surface area contributed by atoms with E-state index in [0.717, 1.165) is 0 Å². The summed E-state index contributed by atoms with van der Waals surface area (Å²) in [5.41, 5.74) is 0. The third-order valence-corrected chi connectivity index (χ3v) is 3.36. The molecule has 1 rings (SSSR count). The van der Waals surface area contributed by atoms with Crippen molar-refractivity contribution in [2.45, 2.75) is 31.9 Å². The molecule has 0 unspecified atom stereocenters. The Morgan fingerprint density at radius 2 is 1.52 bits per heavy atom. The molecule has 1 aliphatic carbocycles. The number of halogens is 3. The maximum atomic E-state index is 11.9. The third-order valence-electron chi connectivity index (χ3n) is 3.36. The second-order valence-corrected chi connectivity index (χ2v) is 5.00. The van der Waals surface area contributed by atoms with Crippen molar-refractivity contribution in [3.8, 4) is 0 Å². The fraction of sp³-hybridized carbons (Fsp3) is 0.750. The zero-order valence-electron chi connectivity index (χ0n) is 11.2. The van der Waals surface area contributed by atoms with Gasteiger partial charge in [-0.2, -0.15) is 13.2 Å². The molecule has 1 aliphatic rings. The summed E-state index contributed by atoms with van der Waals surface area (Å²) in [6.45, 7) is -1.96. The van der Waals surface area contributed by atoms with Crippen molar-refractivity contribution < 1.29 is 32.7 Å². The van der Waals surface area contributed by atoms with Crippen LogP contribution < -0.4 is 10.6 Å². The van der Waals surface area contributed by atoms with Crippen LogP contribution in [0.3, 0.4) is 0 Å². The summed E-state index contributed by atoms with van der Waals surface area (Å²) in [5.74, 6) is -3.08. The van der Waals surface area contributed by atoms with Crippen molar-refractivity contribution >= 4 is 17.8 Å². The van der Waals surface area contributed by atoms with Gasteiger partial charge in [-0.3, -0.25) is 14.4 Å². The van der Waals surface area contributed by atoms with Crippen molar-refractivity contribution in [1.82, 2.24) is 10.6 Å². The highest BCUT2D eigenvalue weighted by Gasteiger charge is 2.30. The van der Waals surface area contributed by atoms with Gasteiger partial charge in [-0.25, -0.2) is 0 Å². The summed E-state index contributed by atoms with van der Waals surface area (Å²) in [4.78, 5) is 33.6.